The van der Waals surface area contributed by atoms with Crippen molar-refractivity contribution in [1.29, 1.82) is 0 Å². The first-order chi connectivity index (χ1) is 3.73. The average molecular weight is 173 g/mol. The lowest BCUT2D eigenvalue weighted by Gasteiger charge is -2.36. The van der Waals surface area contributed by atoms with Gasteiger partial charge in [-0.3, -0.25) is 4.21 Å². The van der Waals surface area contributed by atoms with E-state index in [1.165, 1.54) is 0 Å². The molecule has 0 rings (SSSR count). The molecular weight excluding hydrogens is 167 g/mol. The molecule has 0 amide bonds. The average Bonchev–Trinajstić information content (AvgIpc) is 1.19. The Hall–Kier alpha value is 0.260. The van der Waals surface area contributed by atoms with Gasteiger partial charge in [-0.1, -0.05) is 0 Å². The molecule has 0 aliphatic rings. The maximum Gasteiger partial charge on any atom is 0.0148 e. The van der Waals surface area contributed by atoms with Gasteiger partial charge in [0.2, 0.25) is 0 Å². The molecule has 0 heterocycles. The van der Waals surface area contributed by atoms with Gasteiger partial charge in [0.1, 0.15) is 0 Å². The van der Waals surface area contributed by atoms with E-state index in [1.807, 2.05) is 0 Å². The van der Waals surface area contributed by atoms with E-state index < -0.39 is 18.6 Å². The zero-order valence-corrected chi connectivity index (χ0v) is 6.61. The summed E-state index contributed by atoms with van der Waals surface area (Å²) < 4.78 is 18.1. The minimum Gasteiger partial charge on any atom is -0.822 e. The molecule has 0 fully saturated rings. The van der Waals surface area contributed by atoms with E-state index in [2.05, 4.69) is 0 Å². The molecule has 9 heavy (non-hydrogen) atoms. The van der Waals surface area contributed by atoms with Crippen LogP contribution in [0, 0.1) is 0 Å². The third-order valence-corrected chi connectivity index (χ3v) is 0. The van der Waals surface area contributed by atoms with Crippen molar-refractivity contribution in [3.05, 3.63) is 0 Å². The van der Waals surface area contributed by atoms with E-state index in [1.54, 1.807) is 12.5 Å². The number of hydrogen-bond donors (Lipinski definition) is 0. The highest BCUT2D eigenvalue weighted by molar-refractivity contribution is 7.83. The summed E-state index contributed by atoms with van der Waals surface area (Å²) in [5, 5.41) is 0. The van der Waals surface area contributed by atoms with E-state index in [4.69, 9.17) is 19.2 Å². The Bertz CT molecular complexity index is 115. The van der Waals surface area contributed by atoms with Crippen molar-refractivity contribution >= 4 is 18.6 Å². The Kier molecular flexibility index (Phi) is 6.76. The Balaban J connectivity index is 0. The largest absolute Gasteiger partial charge is 0.822 e. The highest BCUT2D eigenvalue weighted by Gasteiger charge is 1.57. The molecule has 0 aliphatic carbocycles. The number of phosphoric acid groups is 1. The lowest BCUT2D eigenvalue weighted by Crippen LogP contribution is -2.24. The predicted octanol–water partition coefficient (Wildman–Crippen LogP) is -2.83. The van der Waals surface area contributed by atoms with Crippen molar-refractivity contribution in [3.63, 3.8) is 0 Å². The smallest absolute Gasteiger partial charge is 0.0148 e. The Morgan fingerprint density at radius 2 is 1.22 bits per heavy atom. The summed E-state index contributed by atoms with van der Waals surface area (Å²) in [5.41, 5.74) is 0. The van der Waals surface area contributed by atoms with Crippen molar-refractivity contribution in [1.82, 2.24) is 0 Å². The molecule has 0 aliphatic heterocycles. The van der Waals surface area contributed by atoms with Crippen LogP contribution in [0.3, 0.4) is 0 Å². The quantitative estimate of drug-likeness (QED) is 0.367. The number of hydrogen-bond acceptors (Lipinski definition) is 5. The normalized spacial score (nSPS) is 10.4. The van der Waals surface area contributed by atoms with Crippen LogP contribution in [0.5, 0.6) is 0 Å². The summed E-state index contributed by atoms with van der Waals surface area (Å²) >= 11 is 0. The van der Waals surface area contributed by atoms with Crippen LogP contribution in [0.25, 0.3) is 0 Å². The van der Waals surface area contributed by atoms with Gasteiger partial charge in [-0.2, -0.15) is 7.82 Å². The summed E-state index contributed by atoms with van der Waals surface area (Å²) in [5.74, 6) is 0. The van der Waals surface area contributed by atoms with E-state index in [9.17, 15) is 4.21 Å². The first kappa shape index (κ1) is 12.0. The molecule has 0 aromatic carbocycles. The fourth-order valence-corrected chi connectivity index (χ4v) is 0. The molecular formula is C2H6O5PS-3. The molecule has 0 spiro atoms. The van der Waals surface area contributed by atoms with E-state index in [0.29, 0.717) is 0 Å². The second-order valence-electron chi connectivity index (χ2n) is 1.19. The van der Waals surface area contributed by atoms with Crippen LogP contribution >= 0.6 is 7.82 Å². The van der Waals surface area contributed by atoms with Crippen molar-refractivity contribution in [3.8, 4) is 0 Å². The molecule has 0 N–H and O–H groups in total. The molecule has 58 valence electrons. The maximum atomic E-state index is 9.56. The standard InChI is InChI=1S/C2H6OS.H3O4P/c1-4(2)3;1-5(2,3)4/h1-2H3;(H3,1,2,3,4)/p-3. The van der Waals surface area contributed by atoms with Crippen LogP contribution in [0.1, 0.15) is 0 Å². The Labute approximate surface area is 55.4 Å². The highest BCUT2D eigenvalue weighted by atomic mass is 32.2. The first-order valence-corrected chi connectivity index (χ1v) is 5.14. The second-order valence-corrected chi connectivity index (χ2v) is 3.57. The zero-order chi connectivity index (χ0) is 8.08. The molecule has 7 heteroatoms. The minimum atomic E-state index is -5.39. The summed E-state index contributed by atoms with van der Waals surface area (Å²) in [6.45, 7) is 0. The van der Waals surface area contributed by atoms with Gasteiger partial charge in [0.05, 0.1) is 0 Å². The van der Waals surface area contributed by atoms with Gasteiger partial charge in [-0.15, -0.1) is 0 Å². The fraction of sp³-hybridized carbons (Fsp3) is 1.00. The third kappa shape index (κ3) is 4790. The van der Waals surface area contributed by atoms with E-state index >= 15 is 0 Å². The van der Waals surface area contributed by atoms with Crippen LogP contribution in [0.2, 0.25) is 0 Å². The topological polar surface area (TPSA) is 103 Å². The van der Waals surface area contributed by atoms with Crippen LogP contribution in [0.4, 0.5) is 0 Å². The van der Waals surface area contributed by atoms with Gasteiger partial charge in [0, 0.05) is 23.3 Å². The minimum absolute atomic E-state index is 0.611. The Morgan fingerprint density at radius 1 is 1.22 bits per heavy atom. The van der Waals surface area contributed by atoms with E-state index in [0.717, 1.165) is 0 Å². The van der Waals surface area contributed by atoms with Crippen LogP contribution < -0.4 is 14.7 Å². The van der Waals surface area contributed by atoms with Gasteiger partial charge in [-0.05, 0) is 0 Å². The van der Waals surface area contributed by atoms with Gasteiger partial charge in [0.25, 0.3) is 0 Å². The summed E-state index contributed by atoms with van der Waals surface area (Å²) in [6.07, 6.45) is 3.28. The highest BCUT2D eigenvalue weighted by Crippen LogP contribution is 2.03. The van der Waals surface area contributed by atoms with Gasteiger partial charge in [-0.25, -0.2) is 0 Å². The molecule has 0 bridgehead atoms. The summed E-state index contributed by atoms with van der Waals surface area (Å²) in [4.78, 5) is 25.6. The molecule has 0 radical (unpaired) electrons. The molecule has 0 unspecified atom stereocenters. The maximum absolute atomic E-state index is 9.56. The zero-order valence-electron chi connectivity index (χ0n) is 4.90. The number of rotatable bonds is 0. The van der Waals surface area contributed by atoms with Gasteiger partial charge in [0.15, 0.2) is 0 Å². The monoisotopic (exact) mass is 173 g/mol. The predicted molar refractivity (Wildman–Crippen MR) is 27.6 cm³/mol. The third-order valence-electron chi connectivity index (χ3n) is 0. The second kappa shape index (κ2) is 5.08. The lowest BCUT2D eigenvalue weighted by atomic mass is 11.9. The van der Waals surface area contributed by atoms with Crippen molar-refractivity contribution in [2.75, 3.05) is 12.5 Å². The summed E-state index contributed by atoms with van der Waals surface area (Å²) in [7, 11) is -6.00. The van der Waals surface area contributed by atoms with Crippen LogP contribution in [-0.4, -0.2) is 16.7 Å². The molecule has 5 nitrogen and oxygen atoms in total. The van der Waals surface area contributed by atoms with Gasteiger partial charge < -0.3 is 19.2 Å². The van der Waals surface area contributed by atoms with Crippen molar-refractivity contribution in [2.24, 2.45) is 0 Å². The van der Waals surface area contributed by atoms with Crippen LogP contribution in [-0.2, 0) is 15.4 Å². The van der Waals surface area contributed by atoms with Crippen LogP contribution in [0.15, 0.2) is 0 Å². The van der Waals surface area contributed by atoms with Crippen molar-refractivity contribution < 1.29 is 23.5 Å². The molecule has 0 saturated carbocycles. The summed E-state index contributed by atoms with van der Waals surface area (Å²) in [6, 6.07) is 0. The molecule has 0 atom stereocenters. The first-order valence-electron chi connectivity index (χ1n) is 1.71. The van der Waals surface area contributed by atoms with Crippen molar-refractivity contribution in [2.45, 2.75) is 0 Å². The fourth-order valence-electron chi connectivity index (χ4n) is 0. The molecule has 0 aromatic heterocycles. The lowest BCUT2D eigenvalue weighted by molar-refractivity contribution is -0.432. The molecule has 0 saturated heterocycles. The van der Waals surface area contributed by atoms with E-state index in [-0.39, 0.29) is 0 Å². The van der Waals surface area contributed by atoms with Gasteiger partial charge >= 0.3 is 0 Å². The Morgan fingerprint density at radius 3 is 1.22 bits per heavy atom. The SMILES string of the molecule is CS(C)=O.O=P([O-])([O-])[O-]. The molecule has 0 aromatic rings.